The Labute approximate surface area is 260 Å². The van der Waals surface area contributed by atoms with E-state index in [9.17, 15) is 9.59 Å². The van der Waals surface area contributed by atoms with Crippen LogP contribution in [-0.4, -0.2) is 96.2 Å². The van der Waals surface area contributed by atoms with Crippen LogP contribution in [0.15, 0.2) is 71.9 Å². The van der Waals surface area contributed by atoms with Crippen molar-refractivity contribution in [2.45, 2.75) is 18.1 Å². The number of hydrogen-bond donors (Lipinski definition) is 0. The number of carbonyl (C=O) groups excluding carboxylic acids is 2. The third-order valence-corrected chi connectivity index (χ3v) is 8.41. The van der Waals surface area contributed by atoms with Gasteiger partial charge in [-0.1, -0.05) is 23.9 Å². The molecular formula is C32H35N5O6S. The molecule has 0 bridgehead atoms. The Kier molecular flexibility index (Phi) is 9.59. The predicted octanol–water partition coefficient (Wildman–Crippen LogP) is 4.43. The molecule has 5 rings (SSSR count). The third kappa shape index (κ3) is 6.45. The van der Waals surface area contributed by atoms with Crippen molar-refractivity contribution in [1.29, 1.82) is 0 Å². The minimum absolute atomic E-state index is 0.0387. The lowest BCUT2D eigenvalue weighted by molar-refractivity contribution is -0.130. The Bertz CT molecular complexity index is 1630. The summed E-state index contributed by atoms with van der Waals surface area (Å²) in [5.74, 6) is 3.10. The van der Waals surface area contributed by atoms with Gasteiger partial charge in [0.2, 0.25) is 5.91 Å². The number of benzene rings is 3. The maximum absolute atomic E-state index is 13.4. The zero-order valence-corrected chi connectivity index (χ0v) is 26.2. The van der Waals surface area contributed by atoms with Gasteiger partial charge in [0.1, 0.15) is 23.0 Å². The second-order valence-electron chi connectivity index (χ2n) is 10.1. The summed E-state index contributed by atoms with van der Waals surface area (Å²) in [6.07, 6.45) is 0. The summed E-state index contributed by atoms with van der Waals surface area (Å²) in [5.41, 5.74) is 2.12. The monoisotopic (exact) mass is 617 g/mol. The fourth-order valence-corrected chi connectivity index (χ4v) is 5.96. The number of amides is 2. The number of thioether (sulfide) groups is 1. The summed E-state index contributed by atoms with van der Waals surface area (Å²) >= 11 is 1.32. The van der Waals surface area contributed by atoms with Crippen LogP contribution in [0.1, 0.15) is 17.3 Å². The van der Waals surface area contributed by atoms with Crippen molar-refractivity contribution in [2.24, 2.45) is 0 Å². The highest BCUT2D eigenvalue weighted by molar-refractivity contribution is 7.99. The van der Waals surface area contributed by atoms with E-state index < -0.39 is 0 Å². The van der Waals surface area contributed by atoms with E-state index in [-0.39, 0.29) is 23.6 Å². The molecule has 1 aliphatic rings. The van der Waals surface area contributed by atoms with Gasteiger partial charge in [0.15, 0.2) is 11.0 Å². The topological polar surface area (TPSA) is 108 Å². The minimum Gasteiger partial charge on any atom is -0.497 e. The summed E-state index contributed by atoms with van der Waals surface area (Å²) in [6, 6.07) is 20.1. The van der Waals surface area contributed by atoms with Gasteiger partial charge >= 0.3 is 0 Å². The van der Waals surface area contributed by atoms with E-state index >= 15 is 0 Å². The summed E-state index contributed by atoms with van der Waals surface area (Å²) < 4.78 is 23.4. The first-order valence-electron chi connectivity index (χ1n) is 14.0. The number of rotatable bonds is 10. The van der Waals surface area contributed by atoms with Crippen molar-refractivity contribution in [3.05, 3.63) is 72.3 Å². The molecule has 1 aliphatic heterocycles. The van der Waals surface area contributed by atoms with E-state index in [0.29, 0.717) is 53.4 Å². The zero-order valence-electron chi connectivity index (χ0n) is 25.4. The first kappa shape index (κ1) is 30.7. The molecular weight excluding hydrogens is 582 g/mol. The molecule has 11 nitrogen and oxygen atoms in total. The van der Waals surface area contributed by atoms with Crippen LogP contribution in [0.25, 0.3) is 17.1 Å². The van der Waals surface area contributed by atoms with Crippen LogP contribution >= 0.6 is 11.8 Å². The van der Waals surface area contributed by atoms with Crippen LogP contribution < -0.4 is 18.9 Å². The number of hydrogen-bond acceptors (Lipinski definition) is 9. The molecule has 44 heavy (non-hydrogen) atoms. The highest BCUT2D eigenvalue weighted by Gasteiger charge is 2.32. The van der Waals surface area contributed by atoms with Gasteiger partial charge < -0.3 is 28.7 Å². The largest absolute Gasteiger partial charge is 0.497 e. The molecule has 1 aromatic heterocycles. The summed E-state index contributed by atoms with van der Waals surface area (Å²) in [5, 5.41) is 9.52. The maximum atomic E-state index is 13.4. The molecule has 0 N–H and O–H groups in total. The number of piperazine rings is 1. The molecule has 2 amide bonds. The van der Waals surface area contributed by atoms with Crippen LogP contribution in [-0.2, 0) is 4.79 Å². The summed E-state index contributed by atoms with van der Waals surface area (Å²) in [4.78, 5) is 30.4. The predicted molar refractivity (Wildman–Crippen MR) is 167 cm³/mol. The average Bonchev–Trinajstić information content (AvgIpc) is 3.50. The van der Waals surface area contributed by atoms with Gasteiger partial charge in [-0.25, -0.2) is 0 Å². The first-order valence-corrected chi connectivity index (χ1v) is 15.0. The molecule has 0 spiro atoms. The molecule has 12 heteroatoms. The number of aromatic nitrogens is 3. The van der Waals surface area contributed by atoms with Crippen molar-refractivity contribution in [3.8, 4) is 40.1 Å². The zero-order chi connectivity index (χ0) is 31.2. The van der Waals surface area contributed by atoms with E-state index in [2.05, 4.69) is 10.2 Å². The quantitative estimate of drug-likeness (QED) is 0.239. The Morgan fingerprint density at radius 2 is 1.55 bits per heavy atom. The summed E-state index contributed by atoms with van der Waals surface area (Å²) in [7, 11) is 6.33. The molecule has 0 radical (unpaired) electrons. The molecule has 1 fully saturated rings. The molecule has 3 aromatic carbocycles. The van der Waals surface area contributed by atoms with Crippen molar-refractivity contribution >= 4 is 23.6 Å². The molecule has 1 atom stereocenters. The fourth-order valence-electron chi connectivity index (χ4n) is 5.11. The van der Waals surface area contributed by atoms with Gasteiger partial charge in [-0.15, -0.1) is 10.2 Å². The van der Waals surface area contributed by atoms with Gasteiger partial charge in [-0.3, -0.25) is 14.2 Å². The van der Waals surface area contributed by atoms with Crippen LogP contribution in [0.3, 0.4) is 0 Å². The number of nitrogens with zero attached hydrogens (tertiary/aromatic N) is 5. The van der Waals surface area contributed by atoms with E-state index in [1.807, 2.05) is 60.0 Å². The van der Waals surface area contributed by atoms with Gasteiger partial charge in [-0.2, -0.15) is 0 Å². The number of methoxy groups -OCH3 is 4. The van der Waals surface area contributed by atoms with Crippen LogP contribution in [0.2, 0.25) is 0 Å². The van der Waals surface area contributed by atoms with E-state index in [1.54, 1.807) is 49.3 Å². The molecule has 2 heterocycles. The summed E-state index contributed by atoms with van der Waals surface area (Å²) in [6.45, 7) is 3.20. The normalized spacial score (nSPS) is 14.7. The number of ether oxygens (including phenoxy) is 4. The Morgan fingerprint density at radius 1 is 0.841 bits per heavy atom. The Hall–Kier alpha value is -4.71. The van der Waals surface area contributed by atoms with E-state index in [0.717, 1.165) is 17.0 Å². The highest BCUT2D eigenvalue weighted by Crippen LogP contribution is 2.31. The first-order chi connectivity index (χ1) is 21.4. The van der Waals surface area contributed by atoms with Crippen molar-refractivity contribution in [3.63, 3.8) is 0 Å². The third-order valence-electron chi connectivity index (χ3n) is 7.50. The standard InChI is InChI=1S/C32H35N5O6S/c1-21-19-35(15-16-36(21)31(39)27-14-13-26(42-4)18-28(27)43-5)29(38)20-44-32-34-33-30(22-7-6-8-25(17-22)41-3)37(32)23-9-11-24(40-2)12-10-23/h6-14,17-18,21H,15-16,19-20H2,1-5H3. The second-order valence-corrected chi connectivity index (χ2v) is 11.1. The van der Waals surface area contributed by atoms with Crippen LogP contribution in [0.4, 0.5) is 0 Å². The fraction of sp³-hybridized carbons (Fsp3) is 0.312. The lowest BCUT2D eigenvalue weighted by Crippen LogP contribution is -2.55. The van der Waals surface area contributed by atoms with Crippen LogP contribution in [0.5, 0.6) is 23.0 Å². The van der Waals surface area contributed by atoms with Crippen molar-refractivity contribution < 1.29 is 28.5 Å². The number of carbonyl (C=O) groups is 2. The lowest BCUT2D eigenvalue weighted by atomic mass is 10.1. The minimum atomic E-state index is -0.181. The van der Waals surface area contributed by atoms with Crippen LogP contribution in [0, 0.1) is 0 Å². The SMILES string of the molecule is COc1ccc(-n2c(SCC(=O)N3CCN(C(=O)c4ccc(OC)cc4OC)C(C)C3)nnc2-c2cccc(OC)c2)cc1. The smallest absolute Gasteiger partial charge is 0.257 e. The van der Waals surface area contributed by atoms with Gasteiger partial charge in [0.25, 0.3) is 5.91 Å². The molecule has 230 valence electrons. The average molecular weight is 618 g/mol. The van der Waals surface area contributed by atoms with E-state index in [4.69, 9.17) is 18.9 Å². The molecule has 1 unspecified atom stereocenters. The Morgan fingerprint density at radius 3 is 2.23 bits per heavy atom. The van der Waals surface area contributed by atoms with Gasteiger partial charge in [-0.05, 0) is 55.5 Å². The molecule has 4 aromatic rings. The van der Waals surface area contributed by atoms with Crippen molar-refractivity contribution in [2.75, 3.05) is 53.8 Å². The lowest BCUT2D eigenvalue weighted by Gasteiger charge is -2.40. The maximum Gasteiger partial charge on any atom is 0.257 e. The molecule has 1 saturated heterocycles. The van der Waals surface area contributed by atoms with Crippen molar-refractivity contribution in [1.82, 2.24) is 24.6 Å². The second kappa shape index (κ2) is 13.7. The molecule has 0 aliphatic carbocycles. The van der Waals surface area contributed by atoms with E-state index in [1.165, 1.54) is 18.9 Å². The highest BCUT2D eigenvalue weighted by atomic mass is 32.2. The van der Waals surface area contributed by atoms with Gasteiger partial charge in [0, 0.05) is 43.0 Å². The Balaban J connectivity index is 1.30. The van der Waals surface area contributed by atoms with Gasteiger partial charge in [0.05, 0.1) is 39.8 Å². The molecule has 0 saturated carbocycles.